The number of nitrogens with one attached hydrogen (secondary N) is 2. The first-order valence-corrected chi connectivity index (χ1v) is 9.78. The molecule has 31 heavy (non-hydrogen) atoms. The summed E-state index contributed by atoms with van der Waals surface area (Å²) >= 11 is 3.21. The Morgan fingerprint density at radius 3 is 2.61 bits per heavy atom. The Kier molecular flexibility index (Phi) is 6.95. The molecule has 162 valence electrons. The van der Waals surface area contributed by atoms with Crippen LogP contribution in [-0.4, -0.2) is 26.2 Å². The second kappa shape index (κ2) is 9.65. The van der Waals surface area contributed by atoms with Gasteiger partial charge in [0.05, 0.1) is 24.1 Å². The number of hydrogen-bond donors (Lipinski definition) is 3. The highest BCUT2D eigenvalue weighted by atomic mass is 79.9. The first-order valence-electron chi connectivity index (χ1n) is 8.99. The molecule has 0 saturated carbocycles. The Hall–Kier alpha value is -3.34. The van der Waals surface area contributed by atoms with Gasteiger partial charge < -0.3 is 20.1 Å². The van der Waals surface area contributed by atoms with Gasteiger partial charge in [-0.05, 0) is 35.0 Å². The molecule has 11 heteroatoms. The molecule has 0 bridgehead atoms. The number of nitrogens with zero attached hydrogens (tertiary/aromatic N) is 2. The molecule has 3 N–H and O–H groups in total. The Bertz CT molecular complexity index is 1170. The van der Waals surface area contributed by atoms with Crippen molar-refractivity contribution in [3.63, 3.8) is 0 Å². The summed E-state index contributed by atoms with van der Waals surface area (Å²) in [6, 6.07) is 3.15. The fourth-order valence-electron chi connectivity index (χ4n) is 2.77. The maximum Gasteiger partial charge on any atom is 0.404 e. The third-order valence-electron chi connectivity index (χ3n) is 4.35. The molecule has 0 aliphatic carbocycles. The molecule has 3 aromatic rings. The number of aryl methyl sites for hydroxylation is 1. The minimum atomic E-state index is -1.17. The monoisotopic (exact) mass is 494 g/mol. The number of ether oxygens (including phenoxy) is 1. The Balaban J connectivity index is 1.85. The quantitative estimate of drug-likeness (QED) is 0.463. The number of halogens is 3. The zero-order valence-corrected chi connectivity index (χ0v) is 17.8. The molecular formula is C20H17BrF2N4O4. The maximum absolute atomic E-state index is 14.0. The first-order chi connectivity index (χ1) is 14.7. The molecule has 0 unspecified atom stereocenters. The lowest BCUT2D eigenvalue weighted by Gasteiger charge is -2.15. The van der Waals surface area contributed by atoms with Gasteiger partial charge in [0.1, 0.15) is 28.5 Å². The van der Waals surface area contributed by atoms with Gasteiger partial charge in [-0.2, -0.15) is 0 Å². The van der Waals surface area contributed by atoms with E-state index < -0.39 is 23.3 Å². The van der Waals surface area contributed by atoms with Crippen LogP contribution in [0.4, 0.5) is 13.6 Å². The molecule has 2 aromatic heterocycles. The van der Waals surface area contributed by atoms with E-state index in [-0.39, 0.29) is 35.4 Å². The molecule has 0 aliphatic rings. The van der Waals surface area contributed by atoms with Crippen molar-refractivity contribution in [3.8, 4) is 5.75 Å². The van der Waals surface area contributed by atoms with E-state index in [4.69, 9.17) is 9.84 Å². The van der Waals surface area contributed by atoms with Crippen molar-refractivity contribution in [1.29, 1.82) is 0 Å². The Labute approximate surface area is 183 Å². The summed E-state index contributed by atoms with van der Waals surface area (Å²) in [6.45, 7) is 1.49. The number of hydrogen-bond acceptors (Lipinski definition) is 5. The van der Waals surface area contributed by atoms with Crippen LogP contribution >= 0.6 is 15.9 Å². The molecular weight excluding hydrogens is 478 g/mol. The van der Waals surface area contributed by atoms with Crippen molar-refractivity contribution in [2.45, 2.75) is 26.5 Å². The van der Waals surface area contributed by atoms with Crippen LogP contribution in [-0.2, 0) is 19.6 Å². The molecule has 0 aliphatic heterocycles. The van der Waals surface area contributed by atoms with Crippen LogP contribution in [0, 0.1) is 18.6 Å². The average molecular weight is 495 g/mol. The van der Waals surface area contributed by atoms with Crippen LogP contribution in [0.1, 0.15) is 28.2 Å². The van der Waals surface area contributed by atoms with Gasteiger partial charge in [-0.15, -0.1) is 0 Å². The fraction of sp³-hybridized carbons (Fsp3) is 0.200. The van der Waals surface area contributed by atoms with Crippen molar-refractivity contribution >= 4 is 22.0 Å². The fourth-order valence-corrected chi connectivity index (χ4v) is 3.22. The molecule has 2 heterocycles. The van der Waals surface area contributed by atoms with E-state index in [1.54, 1.807) is 6.92 Å². The summed E-state index contributed by atoms with van der Waals surface area (Å²) in [6.07, 6.45) is 2.00. The number of aromatic amines is 1. The number of carbonyl (C=O) groups is 1. The van der Waals surface area contributed by atoms with Crippen LogP contribution in [0.15, 0.2) is 39.9 Å². The van der Waals surface area contributed by atoms with E-state index in [1.165, 1.54) is 18.5 Å². The first kappa shape index (κ1) is 22.3. The summed E-state index contributed by atoms with van der Waals surface area (Å²) in [5.41, 5.74) is 1.82. The summed E-state index contributed by atoms with van der Waals surface area (Å²) in [7, 11) is 0. The van der Waals surface area contributed by atoms with Crippen molar-refractivity contribution < 1.29 is 23.4 Å². The van der Waals surface area contributed by atoms with E-state index in [1.807, 2.05) is 0 Å². The topological polar surface area (TPSA) is 117 Å². The van der Waals surface area contributed by atoms with Gasteiger partial charge in [-0.1, -0.05) is 0 Å². The Morgan fingerprint density at radius 2 is 1.97 bits per heavy atom. The van der Waals surface area contributed by atoms with Crippen molar-refractivity contribution in [2.24, 2.45) is 0 Å². The molecule has 0 fully saturated rings. The smallest absolute Gasteiger partial charge is 0.404 e. The predicted molar refractivity (Wildman–Crippen MR) is 110 cm³/mol. The molecule has 8 nitrogen and oxygen atoms in total. The summed E-state index contributed by atoms with van der Waals surface area (Å²) in [4.78, 5) is 33.9. The molecule has 0 atom stereocenters. The van der Waals surface area contributed by atoms with Crippen molar-refractivity contribution in [2.75, 3.05) is 0 Å². The highest BCUT2D eigenvalue weighted by molar-refractivity contribution is 9.10. The van der Waals surface area contributed by atoms with E-state index in [0.717, 1.165) is 12.1 Å². The third kappa shape index (κ3) is 5.63. The second-order valence-corrected chi connectivity index (χ2v) is 7.35. The normalized spacial score (nSPS) is 10.7. The van der Waals surface area contributed by atoms with E-state index in [0.29, 0.717) is 22.6 Å². The lowest BCUT2D eigenvalue weighted by Crippen LogP contribution is -2.20. The highest BCUT2D eigenvalue weighted by Gasteiger charge is 2.18. The number of benzene rings is 1. The zero-order chi connectivity index (χ0) is 22.5. The predicted octanol–water partition coefficient (Wildman–Crippen LogP) is 3.45. The molecule has 3 rings (SSSR count). The van der Waals surface area contributed by atoms with Gasteiger partial charge in [-0.25, -0.2) is 13.6 Å². The maximum atomic E-state index is 14.0. The van der Waals surface area contributed by atoms with Crippen molar-refractivity contribution in [1.82, 2.24) is 20.3 Å². The standard InChI is InChI=1S/C20H17BrF2N4O4/c1-10-15(5-13-6-25-14(7-24-13)8-26-20(29)30)18(17(21)19(28)27-10)31-9-11-2-3-12(22)4-16(11)23/h2-4,6-7,26H,5,8-9H2,1H3,(H,27,28)(H,29,30). The highest BCUT2D eigenvalue weighted by Crippen LogP contribution is 2.30. The number of H-pyrrole nitrogens is 1. The number of aromatic nitrogens is 3. The van der Waals surface area contributed by atoms with Crippen molar-refractivity contribution in [3.05, 3.63) is 85.3 Å². The van der Waals surface area contributed by atoms with Crippen LogP contribution < -0.4 is 15.6 Å². The minimum absolute atomic E-state index is 0.0173. The van der Waals surface area contributed by atoms with Crippen LogP contribution in [0.2, 0.25) is 0 Å². The van der Waals surface area contributed by atoms with Gasteiger partial charge in [0.2, 0.25) is 0 Å². The van der Waals surface area contributed by atoms with E-state index >= 15 is 0 Å². The van der Waals surface area contributed by atoms with Gasteiger partial charge >= 0.3 is 6.09 Å². The third-order valence-corrected chi connectivity index (χ3v) is 5.07. The van der Waals surface area contributed by atoms with Gasteiger partial charge in [0.25, 0.3) is 5.56 Å². The number of carboxylic acid groups (broad SMARTS) is 1. The zero-order valence-electron chi connectivity index (χ0n) is 16.2. The SMILES string of the molecule is Cc1[nH]c(=O)c(Br)c(OCc2ccc(F)cc2F)c1Cc1cnc(CNC(=O)O)cn1. The molecule has 1 amide bonds. The Morgan fingerprint density at radius 1 is 1.26 bits per heavy atom. The lowest BCUT2D eigenvalue weighted by molar-refractivity contribution is 0.194. The largest absolute Gasteiger partial charge is 0.487 e. The molecule has 0 spiro atoms. The van der Waals surface area contributed by atoms with Gasteiger partial charge in [-0.3, -0.25) is 14.8 Å². The summed E-state index contributed by atoms with van der Waals surface area (Å²) in [5.74, 6) is -1.24. The van der Waals surface area contributed by atoms with E-state index in [2.05, 4.69) is 36.2 Å². The van der Waals surface area contributed by atoms with Crippen LogP contribution in [0.5, 0.6) is 5.75 Å². The van der Waals surface area contributed by atoms with Gasteiger partial charge in [0.15, 0.2) is 0 Å². The minimum Gasteiger partial charge on any atom is -0.487 e. The van der Waals surface area contributed by atoms with Gasteiger partial charge in [0, 0.05) is 35.5 Å². The summed E-state index contributed by atoms with van der Waals surface area (Å²) in [5, 5.41) is 10.8. The summed E-state index contributed by atoms with van der Waals surface area (Å²) < 4.78 is 32.9. The second-order valence-electron chi connectivity index (χ2n) is 6.56. The van der Waals surface area contributed by atoms with Crippen LogP contribution in [0.25, 0.3) is 0 Å². The number of pyridine rings is 1. The molecule has 1 aromatic carbocycles. The van der Waals surface area contributed by atoms with E-state index in [9.17, 15) is 18.4 Å². The molecule has 0 saturated heterocycles. The average Bonchev–Trinajstić information content (AvgIpc) is 2.72. The van der Waals surface area contributed by atoms with Crippen LogP contribution in [0.3, 0.4) is 0 Å². The number of rotatable bonds is 7. The lowest BCUT2D eigenvalue weighted by atomic mass is 10.1. The molecule has 0 radical (unpaired) electrons. The number of amides is 1.